The summed E-state index contributed by atoms with van der Waals surface area (Å²) in [6, 6.07) is 10.9. The van der Waals surface area contributed by atoms with Crippen molar-refractivity contribution in [1.82, 2.24) is 31.9 Å². The van der Waals surface area contributed by atoms with Crippen molar-refractivity contribution in [3.8, 4) is 5.75 Å². The number of para-hydroxylation sites is 1. The Morgan fingerprint density at radius 2 is 1.29 bits per heavy atom. The maximum absolute atomic E-state index is 13.9. The Hall–Kier alpha value is -7.13. The second-order valence-corrected chi connectivity index (χ2v) is 14.9. The van der Waals surface area contributed by atoms with E-state index in [0.717, 1.165) is 17.7 Å². The Balaban J connectivity index is 1.80. The smallest absolute Gasteiger partial charge is 0.310 e. The first-order valence-corrected chi connectivity index (χ1v) is 20.1. The van der Waals surface area contributed by atoms with Crippen LogP contribution in [0.15, 0.2) is 72.8 Å². The molecule has 21 heteroatoms. The van der Waals surface area contributed by atoms with E-state index in [4.69, 9.17) is 16.6 Å². The van der Waals surface area contributed by atoms with Gasteiger partial charge in [0.25, 0.3) is 0 Å². The quantitative estimate of drug-likeness (QED) is 0.0295. The maximum Gasteiger partial charge on any atom is 0.310 e. The van der Waals surface area contributed by atoms with E-state index in [-0.39, 0.29) is 24.4 Å². The first kappa shape index (κ1) is 50.2. The lowest BCUT2D eigenvalue weighted by atomic mass is 9.96. The summed E-state index contributed by atoms with van der Waals surface area (Å²) in [5, 5.41) is 56.1. The van der Waals surface area contributed by atoms with Crippen LogP contribution in [0.2, 0.25) is 0 Å². The minimum atomic E-state index is -1.64. The van der Waals surface area contributed by atoms with E-state index in [9.17, 15) is 53.9 Å². The second-order valence-electron chi connectivity index (χ2n) is 14.9. The van der Waals surface area contributed by atoms with Crippen molar-refractivity contribution < 1.29 is 53.8 Å². The van der Waals surface area contributed by atoms with Gasteiger partial charge < -0.3 is 58.7 Å². The zero-order valence-electron chi connectivity index (χ0n) is 35.0. The van der Waals surface area contributed by atoms with Gasteiger partial charge in [0.05, 0.1) is 17.6 Å². The number of carbonyl (C=O) groups is 7. The molecule has 6 amide bonds. The number of carboxylic acids is 1. The Kier molecular flexibility index (Phi) is 19.4. The van der Waals surface area contributed by atoms with Crippen LogP contribution in [0.3, 0.4) is 0 Å². The second kappa shape index (κ2) is 24.3. The number of nitrogen functional groups attached to an aromatic ring is 1. The molecule has 0 spiro atoms. The molecule has 0 unspecified atom stereocenters. The first-order chi connectivity index (χ1) is 29.8. The molecule has 3 aromatic rings. The van der Waals surface area contributed by atoms with Crippen LogP contribution in [-0.4, -0.2) is 105 Å². The third-order valence-electron chi connectivity index (χ3n) is 10.2. The van der Waals surface area contributed by atoms with Crippen molar-refractivity contribution in [3.05, 3.63) is 99.6 Å². The third kappa shape index (κ3) is 15.7. The molecule has 3 rings (SSSR count). The minimum Gasteiger partial charge on any atom is -0.502 e. The molecule has 0 aliphatic carbocycles. The number of aliphatic carboxylic acids is 1. The number of primary amides is 1. The standard InChI is InChI=1S/C42H55N9O12/c1-4-23(2)36(45-21-27-12-8-9-13-28(27)43)42(61)49-30(18-25-10-6-5-7-11-25)40(59)50-32(22-52)41(60)46-24(3)38(57)48-31(19-26-14-16-34(53)33(20-26)51(62)63)39(58)47-29(37(44)56)15-17-35(54)55/h5-14,16,20,23-24,29-32,36,45,52-53H,4,15,17-19,21-22,43H2,1-3H3,(H2,44,56)(H,46,60)(H,47,58)(H,48,57)(H,49,61)(H,50,59)(H,54,55)/t23-,24-,29-,30-,31-,32-,36-/m0/s1. The number of amides is 6. The van der Waals surface area contributed by atoms with Gasteiger partial charge in [-0.25, -0.2) is 0 Å². The number of phenols is 1. The van der Waals surface area contributed by atoms with Crippen molar-refractivity contribution in [2.75, 3.05) is 12.3 Å². The molecule has 0 saturated carbocycles. The van der Waals surface area contributed by atoms with Crippen molar-refractivity contribution in [1.29, 1.82) is 0 Å². The molecule has 21 nitrogen and oxygen atoms in total. The number of hydrogen-bond acceptors (Lipinski definition) is 13. The van der Waals surface area contributed by atoms with Crippen LogP contribution in [0.25, 0.3) is 0 Å². The fourth-order valence-electron chi connectivity index (χ4n) is 6.28. The summed E-state index contributed by atoms with van der Waals surface area (Å²) >= 11 is 0. The summed E-state index contributed by atoms with van der Waals surface area (Å²) in [4.78, 5) is 102. The number of nitro groups is 1. The molecule has 0 radical (unpaired) electrons. The van der Waals surface area contributed by atoms with Crippen LogP contribution < -0.4 is 43.4 Å². The molecule has 63 heavy (non-hydrogen) atoms. The van der Waals surface area contributed by atoms with Gasteiger partial charge >= 0.3 is 11.7 Å². The summed E-state index contributed by atoms with van der Waals surface area (Å²) < 4.78 is 0. The maximum atomic E-state index is 13.9. The third-order valence-corrected chi connectivity index (χ3v) is 10.2. The van der Waals surface area contributed by atoms with Gasteiger partial charge in [-0.05, 0) is 48.1 Å². The van der Waals surface area contributed by atoms with E-state index in [1.165, 1.54) is 13.0 Å². The SMILES string of the molecule is CC[C@H](C)[C@H](NCc1ccccc1N)C(=O)N[C@@H](Cc1ccccc1)C(=O)N[C@@H](CO)C(=O)N[C@@H](C)C(=O)N[C@@H](Cc1ccc(O)c([N+](=O)[O-])c1)C(=O)N[C@@H](CCC(=O)O)C(N)=O. The van der Waals surface area contributed by atoms with Gasteiger partial charge in [0.15, 0.2) is 5.75 Å². The first-order valence-electron chi connectivity index (χ1n) is 20.1. The number of nitrogens with one attached hydrogen (secondary N) is 6. The highest BCUT2D eigenvalue weighted by molar-refractivity contribution is 5.96. The Bertz CT molecular complexity index is 2100. The number of benzene rings is 3. The van der Waals surface area contributed by atoms with Gasteiger partial charge in [-0.3, -0.25) is 43.7 Å². The highest BCUT2D eigenvalue weighted by atomic mass is 16.6. The Labute approximate surface area is 362 Å². The molecule has 0 aliphatic heterocycles. The van der Waals surface area contributed by atoms with Gasteiger partial charge in [-0.2, -0.15) is 0 Å². The summed E-state index contributed by atoms with van der Waals surface area (Å²) in [6.07, 6.45) is -0.815. The van der Waals surface area contributed by atoms with Crippen molar-refractivity contribution in [3.63, 3.8) is 0 Å². The number of nitrogens with two attached hydrogens (primary N) is 2. The Morgan fingerprint density at radius 1 is 0.730 bits per heavy atom. The van der Waals surface area contributed by atoms with Gasteiger partial charge in [-0.1, -0.05) is 74.9 Å². The Morgan fingerprint density at radius 3 is 1.86 bits per heavy atom. The molecular formula is C42H55N9O12. The number of aromatic hydroxyl groups is 1. The molecule has 0 saturated heterocycles. The van der Waals surface area contributed by atoms with Crippen LogP contribution >= 0.6 is 0 Å². The number of rotatable bonds is 25. The molecule has 0 aromatic heterocycles. The van der Waals surface area contributed by atoms with Crippen molar-refractivity contribution >= 4 is 52.8 Å². The topological polar surface area (TPSA) is 348 Å². The fraction of sp³-hybridized carbons (Fsp3) is 0.405. The molecule has 340 valence electrons. The largest absolute Gasteiger partial charge is 0.502 e. The number of aliphatic hydroxyl groups excluding tert-OH is 1. The summed E-state index contributed by atoms with van der Waals surface area (Å²) in [5.41, 5.74) is 12.8. The number of nitrogens with zero attached hydrogens (tertiary/aromatic N) is 1. The predicted molar refractivity (Wildman–Crippen MR) is 228 cm³/mol. The van der Waals surface area contributed by atoms with E-state index in [1.54, 1.807) is 42.5 Å². The van der Waals surface area contributed by atoms with Crippen molar-refractivity contribution in [2.24, 2.45) is 11.7 Å². The lowest BCUT2D eigenvalue weighted by Gasteiger charge is -2.28. The number of nitro benzene ring substituents is 1. The van der Waals surface area contributed by atoms with E-state index in [1.807, 2.05) is 26.0 Å². The molecule has 0 fully saturated rings. The monoisotopic (exact) mass is 877 g/mol. The number of hydrogen-bond donors (Lipinski definition) is 11. The number of aliphatic hydroxyl groups is 1. The lowest BCUT2D eigenvalue weighted by molar-refractivity contribution is -0.385. The molecular weight excluding hydrogens is 823 g/mol. The van der Waals surface area contributed by atoms with Gasteiger partial charge in [0.2, 0.25) is 35.4 Å². The fourth-order valence-corrected chi connectivity index (χ4v) is 6.28. The van der Waals surface area contributed by atoms with E-state index >= 15 is 0 Å². The van der Waals surface area contributed by atoms with E-state index in [0.29, 0.717) is 17.7 Å². The van der Waals surface area contributed by atoms with Crippen LogP contribution in [0, 0.1) is 16.0 Å². The van der Waals surface area contributed by atoms with Crippen molar-refractivity contribution in [2.45, 2.75) is 95.7 Å². The van der Waals surface area contributed by atoms with Crippen LogP contribution in [0.4, 0.5) is 11.4 Å². The predicted octanol–water partition coefficient (Wildman–Crippen LogP) is -0.341. The van der Waals surface area contributed by atoms with E-state index < -0.39 is 120 Å². The zero-order chi connectivity index (χ0) is 46.8. The van der Waals surface area contributed by atoms with Crippen LogP contribution in [0.5, 0.6) is 5.75 Å². The number of phenolic OH excluding ortho intramolecular Hbond substituents is 1. The number of carboxylic acid groups (broad SMARTS) is 1. The summed E-state index contributed by atoms with van der Waals surface area (Å²) in [7, 11) is 0. The molecule has 0 heterocycles. The van der Waals surface area contributed by atoms with Gasteiger partial charge in [0, 0.05) is 37.6 Å². The van der Waals surface area contributed by atoms with Crippen LogP contribution in [0.1, 0.15) is 56.7 Å². The molecule has 7 atom stereocenters. The van der Waals surface area contributed by atoms with Gasteiger partial charge in [-0.15, -0.1) is 0 Å². The average Bonchev–Trinajstić information content (AvgIpc) is 3.24. The van der Waals surface area contributed by atoms with Gasteiger partial charge in [0.1, 0.15) is 30.2 Å². The average molecular weight is 878 g/mol. The molecule has 3 aromatic carbocycles. The number of carbonyl (C=O) groups excluding carboxylic acids is 6. The highest BCUT2D eigenvalue weighted by Gasteiger charge is 2.33. The molecule has 0 bridgehead atoms. The van der Waals surface area contributed by atoms with Crippen LogP contribution in [-0.2, 0) is 52.9 Å². The normalized spacial score (nSPS) is 14.3. The highest BCUT2D eigenvalue weighted by Crippen LogP contribution is 2.27. The molecule has 13 N–H and O–H groups in total. The molecule has 0 aliphatic rings. The summed E-state index contributed by atoms with van der Waals surface area (Å²) in [6.45, 7) is 4.31. The van der Waals surface area contributed by atoms with E-state index in [2.05, 4.69) is 31.9 Å². The summed E-state index contributed by atoms with van der Waals surface area (Å²) in [5.74, 6) is -7.66. The number of anilines is 1. The minimum absolute atomic E-state index is 0.00356. The zero-order valence-corrected chi connectivity index (χ0v) is 35.0. The lowest BCUT2D eigenvalue weighted by Crippen LogP contribution is -2.60.